The number of aromatic nitrogens is 4. The number of hydrogen-bond donors (Lipinski definition) is 1. The van der Waals surface area contributed by atoms with Crippen molar-refractivity contribution in [3.05, 3.63) is 214 Å². The summed E-state index contributed by atoms with van der Waals surface area (Å²) >= 11 is 0. The number of piperazine rings is 1. The lowest BCUT2D eigenvalue weighted by Crippen LogP contribution is -2.56. The lowest BCUT2D eigenvalue weighted by atomic mass is 9.75. The first-order valence-corrected chi connectivity index (χ1v) is 21.6. The summed E-state index contributed by atoms with van der Waals surface area (Å²) in [5.41, 5.74) is 2.51. The predicted molar refractivity (Wildman–Crippen MR) is 250 cm³/mol. The molecule has 0 radical (unpaired) electrons. The van der Waals surface area contributed by atoms with Crippen molar-refractivity contribution < 1.29 is 18.7 Å². The van der Waals surface area contributed by atoms with E-state index < -0.39 is 45.9 Å². The summed E-state index contributed by atoms with van der Waals surface area (Å²) in [6, 6.07) is 36.7. The van der Waals surface area contributed by atoms with Gasteiger partial charge in [0.15, 0.2) is 11.5 Å². The Morgan fingerprint density at radius 2 is 1.45 bits per heavy atom. The summed E-state index contributed by atoms with van der Waals surface area (Å²) in [6.45, 7) is 8.35. The Labute approximate surface area is 375 Å². The van der Waals surface area contributed by atoms with E-state index in [0.29, 0.717) is 22.6 Å². The first-order chi connectivity index (χ1) is 31.5. The number of benzene rings is 4. The van der Waals surface area contributed by atoms with Crippen molar-refractivity contribution in [1.82, 2.24) is 29.3 Å². The van der Waals surface area contributed by atoms with Crippen molar-refractivity contribution in [3.8, 4) is 22.7 Å². The molecule has 2 aliphatic heterocycles. The predicted octanol–water partition coefficient (Wildman–Crippen LogP) is 9.56. The quantitative estimate of drug-likeness (QED) is 0.143. The van der Waals surface area contributed by atoms with E-state index in [4.69, 9.17) is 0 Å². The van der Waals surface area contributed by atoms with Crippen molar-refractivity contribution in [2.75, 3.05) is 24.5 Å². The standard InChI is InChI=1S/C53H47F2N7O3/c1-34(2)46-48(35(3)27-28-56-46)62-50-40(32-42(55)47(57-50)45-41(54)24-17-26-44(45)63)49(58-52(62)65)60-31-30-59(33-36(60)4)51(64)43-25-15-8-16-29-61(43)53(37-18-9-5-10-19-37,38-20-11-6-12-21-38)39-22-13-7-14-23-39/h5-29,32,34,36,63H,30-31,33H2,1-4H3/t36-/m0/s1. The molecule has 7 aromatic rings. The molecule has 1 atom stereocenters. The second-order valence-electron chi connectivity index (χ2n) is 16.6. The Morgan fingerprint density at radius 1 is 0.800 bits per heavy atom. The van der Waals surface area contributed by atoms with Crippen LogP contribution in [0.2, 0.25) is 0 Å². The van der Waals surface area contributed by atoms with Crippen LogP contribution in [0, 0.1) is 18.6 Å². The summed E-state index contributed by atoms with van der Waals surface area (Å²) in [7, 11) is 0. The summed E-state index contributed by atoms with van der Waals surface area (Å²) in [6.07, 6.45) is 11.2. The molecule has 10 nitrogen and oxygen atoms in total. The molecule has 9 rings (SSSR count). The Morgan fingerprint density at radius 3 is 2.05 bits per heavy atom. The number of aromatic hydroxyl groups is 1. The Kier molecular flexibility index (Phi) is 11.4. The molecule has 1 amide bonds. The van der Waals surface area contributed by atoms with Crippen LogP contribution in [-0.4, -0.2) is 66.0 Å². The van der Waals surface area contributed by atoms with Gasteiger partial charge in [-0.15, -0.1) is 0 Å². The average molecular weight is 868 g/mol. The Hall–Kier alpha value is -7.73. The highest BCUT2D eigenvalue weighted by Gasteiger charge is 2.45. The van der Waals surface area contributed by atoms with Crippen LogP contribution in [-0.2, 0) is 10.3 Å². The maximum atomic E-state index is 16.5. The van der Waals surface area contributed by atoms with E-state index >= 15 is 13.6 Å². The third-order valence-electron chi connectivity index (χ3n) is 12.3. The lowest BCUT2D eigenvalue weighted by Gasteiger charge is -2.47. The fourth-order valence-electron chi connectivity index (χ4n) is 9.28. The van der Waals surface area contributed by atoms with E-state index in [-0.39, 0.29) is 48.3 Å². The van der Waals surface area contributed by atoms with E-state index in [1.54, 1.807) is 17.2 Å². The van der Waals surface area contributed by atoms with Crippen molar-refractivity contribution in [1.29, 1.82) is 0 Å². The molecular formula is C53H47F2N7O3. The van der Waals surface area contributed by atoms with E-state index in [1.807, 2.05) is 118 Å². The minimum atomic E-state index is -0.967. The van der Waals surface area contributed by atoms with E-state index in [1.165, 1.54) is 22.8 Å². The summed E-state index contributed by atoms with van der Waals surface area (Å²) in [4.78, 5) is 49.4. The highest BCUT2D eigenvalue weighted by molar-refractivity contribution is 5.95. The highest BCUT2D eigenvalue weighted by Crippen LogP contribution is 2.46. The molecule has 0 aliphatic carbocycles. The Bertz CT molecular complexity index is 2960. The fourth-order valence-corrected chi connectivity index (χ4v) is 9.28. The summed E-state index contributed by atoms with van der Waals surface area (Å²) in [5.74, 6) is -2.47. The van der Waals surface area contributed by atoms with Gasteiger partial charge in [0.1, 0.15) is 34.3 Å². The smallest absolute Gasteiger partial charge is 0.355 e. The number of carbonyl (C=O) groups is 1. The zero-order valence-corrected chi connectivity index (χ0v) is 36.4. The van der Waals surface area contributed by atoms with Gasteiger partial charge < -0.3 is 19.8 Å². The van der Waals surface area contributed by atoms with Gasteiger partial charge in [-0.05, 0) is 78.4 Å². The Balaban J connectivity index is 1.14. The molecule has 12 heteroatoms. The fraction of sp³-hybridized carbons (Fsp3) is 0.189. The molecule has 1 saturated heterocycles. The third kappa shape index (κ3) is 7.44. The molecule has 0 bridgehead atoms. The molecule has 3 aromatic heterocycles. The minimum absolute atomic E-state index is 0.0136. The molecular weight excluding hydrogens is 821 g/mol. The first-order valence-electron chi connectivity index (χ1n) is 21.6. The van der Waals surface area contributed by atoms with Gasteiger partial charge in [0.2, 0.25) is 0 Å². The second-order valence-corrected chi connectivity index (χ2v) is 16.6. The zero-order chi connectivity index (χ0) is 45.4. The van der Waals surface area contributed by atoms with Crippen LogP contribution >= 0.6 is 0 Å². The van der Waals surface area contributed by atoms with Gasteiger partial charge >= 0.3 is 5.69 Å². The molecule has 1 fully saturated rings. The number of carbonyl (C=O) groups excluding carboxylic acids is 1. The molecule has 0 saturated carbocycles. The van der Waals surface area contributed by atoms with Gasteiger partial charge in [-0.25, -0.2) is 23.1 Å². The van der Waals surface area contributed by atoms with Crippen LogP contribution in [0.15, 0.2) is 169 Å². The normalized spacial score (nSPS) is 15.4. The zero-order valence-electron chi connectivity index (χ0n) is 36.4. The van der Waals surface area contributed by atoms with Gasteiger partial charge in [0.25, 0.3) is 5.91 Å². The maximum Gasteiger partial charge on any atom is 0.355 e. The minimum Gasteiger partial charge on any atom is -0.507 e. The number of hydrogen-bond acceptors (Lipinski definition) is 8. The van der Waals surface area contributed by atoms with Crippen LogP contribution in [0.3, 0.4) is 0 Å². The van der Waals surface area contributed by atoms with E-state index in [9.17, 15) is 9.90 Å². The van der Waals surface area contributed by atoms with Gasteiger partial charge in [0.05, 0.1) is 22.3 Å². The number of fused-ring (bicyclic) bond motifs is 1. The summed E-state index contributed by atoms with van der Waals surface area (Å²) < 4.78 is 33.1. The number of aryl methyl sites for hydroxylation is 1. The van der Waals surface area contributed by atoms with E-state index in [2.05, 4.69) is 56.3 Å². The van der Waals surface area contributed by atoms with Crippen molar-refractivity contribution >= 4 is 22.8 Å². The SMILES string of the molecule is Cc1ccnc(C(C)C)c1-n1c(=O)nc(N2CCN(C(=O)C3=CC=CC=CN3C(c3ccccc3)(c3ccccc3)c3ccccc3)C[C@@H]2C)c2cc(F)c(-c3c(O)cccc3F)nc21. The summed E-state index contributed by atoms with van der Waals surface area (Å²) in [5, 5.41) is 11.0. The van der Waals surface area contributed by atoms with Gasteiger partial charge in [-0.3, -0.25) is 9.78 Å². The number of amides is 1. The topological polar surface area (TPSA) is 108 Å². The molecule has 5 heterocycles. The molecule has 0 spiro atoms. The number of rotatable bonds is 9. The number of phenols is 1. The largest absolute Gasteiger partial charge is 0.507 e. The van der Waals surface area contributed by atoms with Gasteiger partial charge in [0, 0.05) is 38.1 Å². The maximum absolute atomic E-state index is 16.5. The van der Waals surface area contributed by atoms with Crippen molar-refractivity contribution in [3.63, 3.8) is 0 Å². The molecule has 326 valence electrons. The van der Waals surface area contributed by atoms with Crippen LogP contribution in [0.25, 0.3) is 28.0 Å². The highest BCUT2D eigenvalue weighted by atomic mass is 19.1. The molecule has 1 N–H and O–H groups in total. The molecule has 2 aliphatic rings. The monoisotopic (exact) mass is 867 g/mol. The van der Waals surface area contributed by atoms with Gasteiger partial charge in [-0.1, -0.05) is 123 Å². The van der Waals surface area contributed by atoms with Crippen LogP contribution in [0.5, 0.6) is 5.75 Å². The van der Waals surface area contributed by atoms with Crippen LogP contribution in [0.1, 0.15) is 54.6 Å². The van der Waals surface area contributed by atoms with Crippen LogP contribution in [0.4, 0.5) is 14.6 Å². The number of pyridine rings is 2. The number of phenolic OH excluding ortho intramolecular Hbond substituents is 1. The van der Waals surface area contributed by atoms with Crippen molar-refractivity contribution in [2.24, 2.45) is 0 Å². The molecule has 4 aromatic carbocycles. The molecule has 65 heavy (non-hydrogen) atoms. The number of anilines is 1. The van der Waals surface area contributed by atoms with E-state index in [0.717, 1.165) is 22.8 Å². The molecule has 0 unspecified atom stereocenters. The number of nitrogens with zero attached hydrogens (tertiary/aromatic N) is 7. The third-order valence-corrected chi connectivity index (χ3v) is 12.3. The van der Waals surface area contributed by atoms with Crippen molar-refractivity contribution in [2.45, 2.75) is 45.2 Å². The lowest BCUT2D eigenvalue weighted by molar-refractivity contribution is -0.129. The van der Waals surface area contributed by atoms with Crippen LogP contribution < -0.4 is 10.6 Å². The number of halogens is 2. The number of allylic oxidation sites excluding steroid dienone is 4. The first kappa shape index (κ1) is 42.6. The van der Waals surface area contributed by atoms with Gasteiger partial charge in [-0.2, -0.15) is 4.98 Å². The average Bonchev–Trinajstić information content (AvgIpc) is 3.57. The second kappa shape index (κ2) is 17.4.